The lowest BCUT2D eigenvalue weighted by atomic mass is 9.70. The number of carbonyl (C=O) groups is 2. The molecule has 2 aromatic carbocycles. The SMILES string of the molecule is C=CC(=O)OCCOc1c(C)cc2c(c1C)C1(CC2(C)C)CC(C)(C)c2cc(C)c(OCCOC(=O)C=C)c(C)c21. The Morgan fingerprint density at radius 2 is 1.07 bits per heavy atom. The minimum Gasteiger partial charge on any atom is -0.489 e. The average molecular weight is 561 g/mol. The van der Waals surface area contributed by atoms with Gasteiger partial charge < -0.3 is 18.9 Å². The molecule has 2 aliphatic carbocycles. The van der Waals surface area contributed by atoms with Crippen LogP contribution in [0.1, 0.15) is 85.0 Å². The Balaban J connectivity index is 1.81. The number of rotatable bonds is 10. The standard InChI is InChI=1S/C35H44O6/c1-11-27(36)38-13-15-40-31-21(3)17-25-29(23(31)5)35(19-33(25,7)8)20-34(9,10)26-18-22(4)32(24(6)30(26)35)41-16-14-39-28(37)12-2/h11-12,17-18H,1-2,13-16,19-20H2,3-10H3. The number of fused-ring (bicyclic) bond motifs is 4. The average Bonchev–Trinajstić information content (AvgIpc) is 3.25. The van der Waals surface area contributed by atoms with Crippen molar-refractivity contribution in [1.29, 1.82) is 0 Å². The summed E-state index contributed by atoms with van der Waals surface area (Å²) >= 11 is 0. The molecule has 0 saturated carbocycles. The van der Waals surface area contributed by atoms with E-state index in [1.54, 1.807) is 0 Å². The number of aryl methyl sites for hydroxylation is 2. The van der Waals surface area contributed by atoms with Crippen LogP contribution in [0, 0.1) is 27.7 Å². The maximum absolute atomic E-state index is 11.5. The van der Waals surface area contributed by atoms with E-state index in [1.165, 1.54) is 22.3 Å². The first-order chi connectivity index (χ1) is 19.2. The van der Waals surface area contributed by atoms with E-state index >= 15 is 0 Å². The van der Waals surface area contributed by atoms with E-state index in [1.807, 2.05) is 0 Å². The Kier molecular flexibility index (Phi) is 8.19. The summed E-state index contributed by atoms with van der Waals surface area (Å²) in [5.41, 5.74) is 9.55. The third-order valence-electron chi connectivity index (χ3n) is 8.79. The maximum Gasteiger partial charge on any atom is 0.330 e. The highest BCUT2D eigenvalue weighted by molar-refractivity contribution is 5.81. The van der Waals surface area contributed by atoms with Gasteiger partial charge in [0.2, 0.25) is 0 Å². The van der Waals surface area contributed by atoms with Gasteiger partial charge in [-0.3, -0.25) is 0 Å². The largest absolute Gasteiger partial charge is 0.489 e. The molecular weight excluding hydrogens is 516 g/mol. The highest BCUT2D eigenvalue weighted by Crippen LogP contribution is 2.65. The van der Waals surface area contributed by atoms with Gasteiger partial charge >= 0.3 is 11.9 Å². The number of hydrogen-bond donors (Lipinski definition) is 0. The van der Waals surface area contributed by atoms with Gasteiger partial charge in [-0.1, -0.05) is 53.0 Å². The lowest BCUT2D eigenvalue weighted by Gasteiger charge is -2.33. The third-order valence-corrected chi connectivity index (χ3v) is 8.79. The fourth-order valence-electron chi connectivity index (χ4n) is 7.61. The van der Waals surface area contributed by atoms with Crippen molar-refractivity contribution in [3.05, 3.63) is 82.0 Å². The summed E-state index contributed by atoms with van der Waals surface area (Å²) in [6.45, 7) is 25.6. The fourth-order valence-corrected chi connectivity index (χ4v) is 7.61. The maximum atomic E-state index is 11.5. The van der Waals surface area contributed by atoms with E-state index in [0.717, 1.165) is 58.7 Å². The fraction of sp³-hybridized carbons (Fsp3) is 0.486. The van der Waals surface area contributed by atoms with Gasteiger partial charge in [0.1, 0.15) is 37.9 Å². The van der Waals surface area contributed by atoms with Gasteiger partial charge in [0.05, 0.1) is 0 Å². The van der Waals surface area contributed by atoms with Crippen LogP contribution < -0.4 is 9.47 Å². The van der Waals surface area contributed by atoms with Gasteiger partial charge in [-0.25, -0.2) is 9.59 Å². The number of benzene rings is 2. The minimum atomic E-state index is -0.454. The van der Waals surface area contributed by atoms with Gasteiger partial charge in [-0.05, 0) is 95.9 Å². The van der Waals surface area contributed by atoms with Crippen molar-refractivity contribution in [2.24, 2.45) is 0 Å². The highest BCUT2D eigenvalue weighted by atomic mass is 16.6. The molecular formula is C35H44O6. The molecule has 0 bridgehead atoms. The Labute approximate surface area is 244 Å². The Bertz CT molecular complexity index is 1300. The molecule has 2 aliphatic rings. The quantitative estimate of drug-likeness (QED) is 0.181. The van der Waals surface area contributed by atoms with E-state index < -0.39 is 11.9 Å². The molecule has 0 unspecified atom stereocenters. The van der Waals surface area contributed by atoms with Crippen LogP contribution in [0.3, 0.4) is 0 Å². The number of carbonyl (C=O) groups excluding carboxylic acids is 2. The zero-order valence-corrected chi connectivity index (χ0v) is 25.9. The Hall–Kier alpha value is -3.54. The second kappa shape index (κ2) is 11.0. The van der Waals surface area contributed by atoms with E-state index in [4.69, 9.17) is 18.9 Å². The van der Waals surface area contributed by atoms with Gasteiger partial charge in [0, 0.05) is 17.6 Å². The first-order valence-electron chi connectivity index (χ1n) is 14.3. The van der Waals surface area contributed by atoms with Crippen LogP contribution in [0.4, 0.5) is 0 Å². The highest BCUT2D eigenvalue weighted by Gasteiger charge is 2.58. The van der Waals surface area contributed by atoms with Crippen molar-refractivity contribution in [3.63, 3.8) is 0 Å². The molecule has 2 aromatic rings. The first kappa shape index (κ1) is 30.4. The van der Waals surface area contributed by atoms with Crippen LogP contribution >= 0.6 is 0 Å². The zero-order chi connectivity index (χ0) is 30.3. The molecule has 6 nitrogen and oxygen atoms in total. The molecule has 0 aliphatic heterocycles. The molecule has 0 radical (unpaired) electrons. The summed E-state index contributed by atoms with van der Waals surface area (Å²) in [4.78, 5) is 23.0. The van der Waals surface area contributed by atoms with Gasteiger partial charge in [0.25, 0.3) is 0 Å². The summed E-state index contributed by atoms with van der Waals surface area (Å²) in [5, 5.41) is 0. The lowest BCUT2D eigenvalue weighted by molar-refractivity contribution is -0.139. The first-order valence-corrected chi connectivity index (χ1v) is 14.3. The molecule has 0 amide bonds. The predicted octanol–water partition coefficient (Wildman–Crippen LogP) is 6.78. The number of ether oxygens (including phenoxy) is 4. The van der Waals surface area contributed by atoms with Crippen LogP contribution in [0.15, 0.2) is 37.4 Å². The van der Waals surface area contributed by atoms with E-state index in [2.05, 4.69) is 80.7 Å². The van der Waals surface area contributed by atoms with Crippen LogP contribution in [0.25, 0.3) is 0 Å². The second-order valence-electron chi connectivity index (χ2n) is 12.8. The van der Waals surface area contributed by atoms with Crippen molar-refractivity contribution >= 4 is 11.9 Å². The summed E-state index contributed by atoms with van der Waals surface area (Å²) < 4.78 is 22.9. The molecule has 220 valence electrons. The van der Waals surface area contributed by atoms with Crippen LogP contribution in [0.2, 0.25) is 0 Å². The van der Waals surface area contributed by atoms with E-state index in [9.17, 15) is 9.59 Å². The van der Waals surface area contributed by atoms with Crippen LogP contribution in [-0.4, -0.2) is 38.4 Å². The van der Waals surface area contributed by atoms with Gasteiger partial charge in [-0.15, -0.1) is 0 Å². The smallest absolute Gasteiger partial charge is 0.330 e. The monoisotopic (exact) mass is 560 g/mol. The number of hydrogen-bond acceptors (Lipinski definition) is 6. The molecule has 0 atom stereocenters. The molecule has 6 heteroatoms. The molecule has 41 heavy (non-hydrogen) atoms. The minimum absolute atomic E-state index is 0.0438. The molecule has 4 rings (SSSR count). The zero-order valence-electron chi connectivity index (χ0n) is 25.9. The summed E-state index contributed by atoms with van der Waals surface area (Å²) in [7, 11) is 0. The molecule has 0 aromatic heterocycles. The predicted molar refractivity (Wildman–Crippen MR) is 161 cm³/mol. The molecule has 0 fully saturated rings. The molecule has 0 N–H and O–H groups in total. The van der Waals surface area contributed by atoms with Crippen molar-refractivity contribution in [2.75, 3.05) is 26.4 Å². The van der Waals surface area contributed by atoms with Crippen LogP contribution in [0.5, 0.6) is 11.5 Å². The normalized spacial score (nSPS) is 17.0. The second-order valence-corrected chi connectivity index (χ2v) is 12.8. The summed E-state index contributed by atoms with van der Waals surface area (Å²) in [6.07, 6.45) is 4.28. The van der Waals surface area contributed by atoms with Crippen molar-refractivity contribution < 1.29 is 28.5 Å². The van der Waals surface area contributed by atoms with Crippen molar-refractivity contribution in [1.82, 2.24) is 0 Å². The Morgan fingerprint density at radius 1 is 0.707 bits per heavy atom. The summed E-state index contributed by atoms with van der Waals surface area (Å²) in [5.74, 6) is 0.798. The third kappa shape index (κ3) is 5.29. The van der Waals surface area contributed by atoms with Gasteiger partial charge in [0.15, 0.2) is 0 Å². The summed E-state index contributed by atoms with van der Waals surface area (Å²) in [6, 6.07) is 4.59. The Morgan fingerprint density at radius 3 is 1.41 bits per heavy atom. The number of esters is 2. The lowest BCUT2D eigenvalue weighted by Crippen LogP contribution is -2.28. The van der Waals surface area contributed by atoms with Crippen molar-refractivity contribution in [3.8, 4) is 11.5 Å². The molecule has 0 saturated heterocycles. The van der Waals surface area contributed by atoms with Crippen molar-refractivity contribution in [2.45, 2.75) is 84.5 Å². The van der Waals surface area contributed by atoms with Crippen LogP contribution in [-0.2, 0) is 35.3 Å². The topological polar surface area (TPSA) is 71.1 Å². The van der Waals surface area contributed by atoms with Gasteiger partial charge in [-0.2, -0.15) is 0 Å². The molecule has 0 heterocycles. The van der Waals surface area contributed by atoms with E-state index in [0.29, 0.717) is 0 Å². The molecule has 1 spiro atoms. The van der Waals surface area contributed by atoms with E-state index in [-0.39, 0.29) is 42.7 Å².